The van der Waals surface area contributed by atoms with Gasteiger partial charge < -0.3 is 10.0 Å². The van der Waals surface area contributed by atoms with Crippen LogP contribution in [0.3, 0.4) is 0 Å². The van der Waals surface area contributed by atoms with E-state index in [1.165, 1.54) is 12.4 Å². The minimum absolute atomic E-state index is 0. The zero-order chi connectivity index (χ0) is 6.69. The lowest BCUT2D eigenvalue weighted by atomic mass is 10.5. The average Bonchev–Trinajstić information content (AvgIpc) is 1.90. The summed E-state index contributed by atoms with van der Waals surface area (Å²) in [6.07, 6.45) is 2.92. The van der Waals surface area contributed by atoms with Crippen molar-refractivity contribution in [2.45, 2.75) is 0 Å². The van der Waals surface area contributed by atoms with Crippen LogP contribution in [0.2, 0.25) is 0 Å². The molecule has 56 valence electrons. The summed E-state index contributed by atoms with van der Waals surface area (Å²) in [6, 6.07) is 5.05. The topological polar surface area (TPSA) is 74.0 Å². The van der Waals surface area contributed by atoms with Crippen LogP contribution in [-0.2, 0) is 11.3 Å². The molecule has 1 aromatic rings. The molecule has 1 rings (SSSR count). The second-order valence-electron chi connectivity index (χ2n) is 1.45. The molecule has 0 saturated heterocycles. The maximum absolute atomic E-state index is 10.2. The number of rotatable bonds is 1. The fourth-order valence-corrected chi connectivity index (χ4v) is 0.822. The summed E-state index contributed by atoms with van der Waals surface area (Å²) in [5.41, 5.74) is 0. The van der Waals surface area contributed by atoms with Crippen LogP contribution in [0.5, 0.6) is 0 Å². The molecule has 0 radical (unpaired) electrons. The second kappa shape index (κ2) is 4.10. The van der Waals surface area contributed by atoms with Crippen LogP contribution in [0.15, 0.2) is 30.6 Å². The number of hydrogen-bond acceptors (Lipinski definition) is 3. The Bertz CT molecular complexity index is 213. The van der Waals surface area contributed by atoms with E-state index in [0.717, 1.165) is 3.97 Å². The number of hydrogen-bond donors (Lipinski definition) is 0. The predicted molar refractivity (Wildman–Crippen MR) is 32.9 cm³/mol. The molecule has 0 aliphatic heterocycles. The summed E-state index contributed by atoms with van der Waals surface area (Å²) in [5, 5.41) is 0. The lowest BCUT2D eigenvalue weighted by Gasteiger charge is -1.93. The molecule has 1 N–H and O–H groups in total. The SMILES string of the molecule is O=S([O-])[n+]1ccccc1.[OH-]. The van der Waals surface area contributed by atoms with E-state index in [1.54, 1.807) is 18.2 Å². The van der Waals surface area contributed by atoms with Crippen molar-refractivity contribution in [1.29, 1.82) is 0 Å². The molecule has 0 spiro atoms. The summed E-state index contributed by atoms with van der Waals surface area (Å²) < 4.78 is 21.4. The standard InChI is InChI=1S/C5H5NO2S.H2O/c7-9(8)6-4-2-1-3-5-6;/h1-5H;1H2/p-1. The summed E-state index contributed by atoms with van der Waals surface area (Å²) in [4.78, 5) is 0. The first kappa shape index (κ1) is 9.22. The first-order valence-electron chi connectivity index (χ1n) is 2.37. The third kappa shape index (κ3) is 2.22. The Balaban J connectivity index is 0.000000810. The lowest BCUT2D eigenvalue weighted by Crippen LogP contribution is -2.35. The zero-order valence-corrected chi connectivity index (χ0v) is 5.82. The zero-order valence-electron chi connectivity index (χ0n) is 5.01. The number of nitrogens with zero attached hydrogens (tertiary/aromatic N) is 1. The van der Waals surface area contributed by atoms with Gasteiger partial charge in [0.25, 0.3) is 0 Å². The van der Waals surface area contributed by atoms with Crippen molar-refractivity contribution < 1.29 is 18.2 Å². The van der Waals surface area contributed by atoms with E-state index in [9.17, 15) is 8.76 Å². The molecule has 1 heterocycles. The molecule has 1 atom stereocenters. The summed E-state index contributed by atoms with van der Waals surface area (Å²) in [6.45, 7) is 0. The Hall–Kier alpha value is -0.780. The summed E-state index contributed by atoms with van der Waals surface area (Å²) >= 11 is -2.16. The number of pyridine rings is 1. The van der Waals surface area contributed by atoms with Crippen LogP contribution in [0.1, 0.15) is 0 Å². The van der Waals surface area contributed by atoms with E-state index >= 15 is 0 Å². The molecule has 0 bridgehead atoms. The molecule has 5 heteroatoms. The fraction of sp³-hybridized carbons (Fsp3) is 0. The normalized spacial score (nSPS) is 11.7. The van der Waals surface area contributed by atoms with Gasteiger partial charge in [-0.05, 0) is 0 Å². The highest BCUT2D eigenvalue weighted by molar-refractivity contribution is 7.72. The van der Waals surface area contributed by atoms with Crippen molar-refractivity contribution in [2.75, 3.05) is 0 Å². The Labute approximate surface area is 60.9 Å². The van der Waals surface area contributed by atoms with E-state index in [0.29, 0.717) is 0 Å². The molecule has 0 amide bonds. The molecule has 0 aliphatic carbocycles. The van der Waals surface area contributed by atoms with Crippen molar-refractivity contribution in [1.82, 2.24) is 0 Å². The maximum atomic E-state index is 10.2. The van der Waals surface area contributed by atoms with Gasteiger partial charge in [-0.2, -0.15) is 0 Å². The molecule has 10 heavy (non-hydrogen) atoms. The Morgan fingerprint density at radius 3 is 2.00 bits per heavy atom. The van der Waals surface area contributed by atoms with Crippen LogP contribution in [0.25, 0.3) is 0 Å². The third-order valence-corrected chi connectivity index (χ3v) is 1.45. The van der Waals surface area contributed by atoms with Crippen molar-refractivity contribution in [3.05, 3.63) is 30.6 Å². The predicted octanol–water partition coefficient (Wildman–Crippen LogP) is -0.561. The summed E-state index contributed by atoms with van der Waals surface area (Å²) in [7, 11) is 0. The van der Waals surface area contributed by atoms with Gasteiger partial charge >= 0.3 is 0 Å². The van der Waals surface area contributed by atoms with Crippen LogP contribution in [-0.4, -0.2) is 14.2 Å². The Kier molecular flexibility index (Phi) is 3.78. The fourth-order valence-electron chi connectivity index (χ4n) is 0.482. The minimum atomic E-state index is -2.16. The van der Waals surface area contributed by atoms with Crippen molar-refractivity contribution in [3.63, 3.8) is 0 Å². The van der Waals surface area contributed by atoms with Gasteiger partial charge in [0.15, 0.2) is 12.4 Å². The quantitative estimate of drug-likeness (QED) is 0.408. The Morgan fingerprint density at radius 1 is 1.20 bits per heavy atom. The minimum Gasteiger partial charge on any atom is -0.870 e. The molecule has 0 saturated carbocycles. The van der Waals surface area contributed by atoms with Gasteiger partial charge in [0.1, 0.15) is 0 Å². The van der Waals surface area contributed by atoms with E-state index in [2.05, 4.69) is 0 Å². The molecular formula is C5H6NO3S-. The molecule has 0 fully saturated rings. The molecule has 4 nitrogen and oxygen atoms in total. The average molecular weight is 160 g/mol. The highest BCUT2D eigenvalue weighted by atomic mass is 32.2. The van der Waals surface area contributed by atoms with Crippen molar-refractivity contribution in [3.8, 4) is 0 Å². The molecule has 1 unspecified atom stereocenters. The molecular weight excluding hydrogens is 154 g/mol. The van der Waals surface area contributed by atoms with Gasteiger partial charge in [0.2, 0.25) is 11.3 Å². The van der Waals surface area contributed by atoms with Crippen LogP contribution in [0.4, 0.5) is 0 Å². The van der Waals surface area contributed by atoms with E-state index in [1.807, 2.05) is 0 Å². The van der Waals surface area contributed by atoms with Gasteiger partial charge in [-0.1, -0.05) is 6.07 Å². The smallest absolute Gasteiger partial charge is 0.232 e. The molecule has 0 aromatic carbocycles. The van der Waals surface area contributed by atoms with Gasteiger partial charge in [-0.3, -0.25) is 0 Å². The lowest BCUT2D eigenvalue weighted by molar-refractivity contribution is -0.511. The summed E-state index contributed by atoms with van der Waals surface area (Å²) in [5.74, 6) is 0. The highest BCUT2D eigenvalue weighted by Crippen LogP contribution is 1.75. The van der Waals surface area contributed by atoms with E-state index in [-0.39, 0.29) is 5.48 Å². The van der Waals surface area contributed by atoms with Crippen LogP contribution >= 0.6 is 0 Å². The molecule has 1 aromatic heterocycles. The highest BCUT2D eigenvalue weighted by Gasteiger charge is 1.93. The van der Waals surface area contributed by atoms with Crippen LogP contribution in [0, 0.1) is 0 Å². The number of aromatic nitrogens is 1. The van der Waals surface area contributed by atoms with Gasteiger partial charge in [-0.25, -0.2) is 4.21 Å². The van der Waals surface area contributed by atoms with E-state index < -0.39 is 11.3 Å². The van der Waals surface area contributed by atoms with Crippen molar-refractivity contribution >= 4 is 11.3 Å². The Morgan fingerprint density at radius 2 is 1.70 bits per heavy atom. The van der Waals surface area contributed by atoms with Gasteiger partial charge in [0.05, 0.1) is 0 Å². The van der Waals surface area contributed by atoms with Gasteiger partial charge in [-0.15, -0.1) is 3.97 Å². The third-order valence-electron chi connectivity index (χ3n) is 0.860. The second-order valence-corrected chi connectivity index (χ2v) is 2.31. The molecule has 0 aliphatic rings. The monoisotopic (exact) mass is 160 g/mol. The maximum Gasteiger partial charge on any atom is 0.232 e. The van der Waals surface area contributed by atoms with Gasteiger partial charge in [0, 0.05) is 12.1 Å². The first-order valence-corrected chi connectivity index (χ1v) is 3.40. The largest absolute Gasteiger partial charge is 0.870 e. The van der Waals surface area contributed by atoms with E-state index in [4.69, 9.17) is 0 Å². The van der Waals surface area contributed by atoms with Crippen molar-refractivity contribution in [2.24, 2.45) is 0 Å². The first-order chi connectivity index (χ1) is 4.30. The van der Waals surface area contributed by atoms with Crippen LogP contribution < -0.4 is 3.97 Å².